The Hall–Kier alpha value is -2.53. The normalized spacial score (nSPS) is 17.1. The van der Waals surface area contributed by atoms with E-state index in [0.717, 1.165) is 5.56 Å². The van der Waals surface area contributed by atoms with E-state index in [4.69, 9.17) is 16.3 Å². The van der Waals surface area contributed by atoms with E-state index in [1.165, 1.54) is 34.9 Å². The van der Waals surface area contributed by atoms with Crippen molar-refractivity contribution >= 4 is 44.0 Å². The molecule has 1 N–H and O–H groups in total. The van der Waals surface area contributed by atoms with Gasteiger partial charge in [-0.05, 0) is 49.2 Å². The quantitative estimate of drug-likeness (QED) is 0.559. The summed E-state index contributed by atoms with van der Waals surface area (Å²) < 4.78 is 32.5. The van der Waals surface area contributed by atoms with Gasteiger partial charge in [0, 0.05) is 23.7 Å². The molecule has 0 spiro atoms. The van der Waals surface area contributed by atoms with Gasteiger partial charge >= 0.3 is 0 Å². The number of carbonyl (C=O) groups is 1. The molecule has 1 fully saturated rings. The van der Waals surface area contributed by atoms with Crippen LogP contribution in [0.4, 0.5) is 5.13 Å². The van der Waals surface area contributed by atoms with Gasteiger partial charge in [-0.3, -0.25) is 4.79 Å². The molecule has 4 rings (SSSR count). The number of ether oxygens (including phenoxy) is 1. The third-order valence-electron chi connectivity index (χ3n) is 5.20. The van der Waals surface area contributed by atoms with Gasteiger partial charge in [-0.15, -0.1) is 10.2 Å². The first-order valence-corrected chi connectivity index (χ1v) is 12.5. The second kappa shape index (κ2) is 9.53. The fraction of sp³-hybridized carbons (Fsp3) is 0.286. The minimum absolute atomic E-state index is 0.114. The summed E-state index contributed by atoms with van der Waals surface area (Å²) in [5.41, 5.74) is 0.849. The van der Waals surface area contributed by atoms with Gasteiger partial charge in [0.05, 0.1) is 17.9 Å². The highest BCUT2D eigenvalue weighted by molar-refractivity contribution is 7.89. The molecule has 0 aliphatic carbocycles. The summed E-state index contributed by atoms with van der Waals surface area (Å²) >= 11 is 7.16. The summed E-state index contributed by atoms with van der Waals surface area (Å²) in [6, 6.07) is 13.4. The maximum Gasteiger partial charge on any atom is 0.243 e. The average molecular weight is 493 g/mol. The lowest BCUT2D eigenvalue weighted by Crippen LogP contribution is -2.43. The molecule has 2 aromatic carbocycles. The van der Waals surface area contributed by atoms with E-state index < -0.39 is 15.9 Å². The van der Waals surface area contributed by atoms with E-state index in [9.17, 15) is 13.2 Å². The number of nitrogens with one attached hydrogen (secondary N) is 1. The largest absolute Gasteiger partial charge is 0.497 e. The number of hydrogen-bond acceptors (Lipinski definition) is 7. The highest BCUT2D eigenvalue weighted by Crippen LogP contribution is 2.29. The molecule has 1 atom stereocenters. The third kappa shape index (κ3) is 4.93. The number of hydrogen-bond donors (Lipinski definition) is 1. The van der Waals surface area contributed by atoms with Crippen molar-refractivity contribution in [2.24, 2.45) is 5.92 Å². The number of aromatic nitrogens is 2. The number of halogens is 1. The van der Waals surface area contributed by atoms with Gasteiger partial charge in [-0.2, -0.15) is 4.31 Å². The molecule has 2 heterocycles. The van der Waals surface area contributed by atoms with Gasteiger partial charge in [0.25, 0.3) is 0 Å². The summed E-state index contributed by atoms with van der Waals surface area (Å²) in [5.74, 6) is -0.159. The van der Waals surface area contributed by atoms with Crippen LogP contribution in [0.15, 0.2) is 53.4 Å². The SMILES string of the molecule is COc1ccc(S(=O)(=O)N2CCC[C@H](C(=O)Nc3nnc(-c4ccc(Cl)cc4)s3)C2)cc1. The first kappa shape index (κ1) is 22.7. The van der Waals surface area contributed by atoms with Gasteiger partial charge in [-0.25, -0.2) is 8.42 Å². The molecule has 32 heavy (non-hydrogen) atoms. The van der Waals surface area contributed by atoms with Crippen LogP contribution in [0.5, 0.6) is 5.75 Å². The Kier molecular flexibility index (Phi) is 6.75. The summed E-state index contributed by atoms with van der Waals surface area (Å²) in [7, 11) is -2.18. The van der Waals surface area contributed by atoms with Gasteiger partial charge in [-0.1, -0.05) is 35.1 Å². The smallest absolute Gasteiger partial charge is 0.243 e. The van der Waals surface area contributed by atoms with Crippen LogP contribution in [0.25, 0.3) is 10.6 Å². The van der Waals surface area contributed by atoms with E-state index in [-0.39, 0.29) is 17.3 Å². The van der Waals surface area contributed by atoms with Crippen molar-refractivity contribution in [2.75, 3.05) is 25.5 Å². The van der Waals surface area contributed by atoms with E-state index >= 15 is 0 Å². The van der Waals surface area contributed by atoms with E-state index in [1.807, 2.05) is 12.1 Å². The lowest BCUT2D eigenvalue weighted by atomic mass is 9.99. The zero-order valence-electron chi connectivity index (χ0n) is 17.2. The number of sulfonamides is 1. The molecule has 3 aromatic rings. The Morgan fingerprint density at radius 2 is 1.88 bits per heavy atom. The maximum atomic E-state index is 13.0. The number of methoxy groups -OCH3 is 1. The number of rotatable bonds is 6. The fourth-order valence-corrected chi connectivity index (χ4v) is 5.86. The Morgan fingerprint density at radius 3 is 2.56 bits per heavy atom. The van der Waals surface area contributed by atoms with Crippen LogP contribution in [0, 0.1) is 5.92 Å². The molecule has 11 heteroatoms. The fourth-order valence-electron chi connectivity index (χ4n) is 3.46. The summed E-state index contributed by atoms with van der Waals surface area (Å²) in [4.78, 5) is 13.0. The summed E-state index contributed by atoms with van der Waals surface area (Å²) in [6.07, 6.45) is 1.20. The molecule has 1 aliphatic heterocycles. The Labute approximate surface area is 195 Å². The molecule has 1 aromatic heterocycles. The summed E-state index contributed by atoms with van der Waals surface area (Å²) in [5, 5.41) is 12.6. The third-order valence-corrected chi connectivity index (χ3v) is 8.22. The lowest BCUT2D eigenvalue weighted by Gasteiger charge is -2.31. The maximum absolute atomic E-state index is 13.0. The van der Waals surface area contributed by atoms with E-state index in [2.05, 4.69) is 15.5 Å². The van der Waals surface area contributed by atoms with Crippen molar-refractivity contribution in [3.8, 4) is 16.3 Å². The number of piperidine rings is 1. The monoisotopic (exact) mass is 492 g/mol. The van der Waals surface area contributed by atoms with Crippen LogP contribution >= 0.6 is 22.9 Å². The van der Waals surface area contributed by atoms with Crippen LogP contribution in [0.2, 0.25) is 5.02 Å². The minimum atomic E-state index is -3.70. The van der Waals surface area contributed by atoms with Crippen LogP contribution in [-0.4, -0.2) is 49.0 Å². The molecule has 1 saturated heterocycles. The highest BCUT2D eigenvalue weighted by atomic mass is 35.5. The zero-order valence-corrected chi connectivity index (χ0v) is 19.6. The molecule has 0 unspecified atom stereocenters. The van der Waals surface area contributed by atoms with Crippen LogP contribution in [0.3, 0.4) is 0 Å². The van der Waals surface area contributed by atoms with E-state index in [1.54, 1.807) is 24.3 Å². The number of benzene rings is 2. The standard InChI is InChI=1S/C21H21ClN4O4S2/c1-30-17-8-10-18(11-9-17)32(28,29)26-12-2-3-15(13-26)19(27)23-21-25-24-20(31-21)14-4-6-16(22)7-5-14/h4-11,15H,2-3,12-13H2,1H3,(H,23,25,27)/t15-/m0/s1. The van der Waals surface area contributed by atoms with Crippen molar-refractivity contribution in [2.45, 2.75) is 17.7 Å². The number of nitrogens with zero attached hydrogens (tertiary/aromatic N) is 3. The van der Waals surface area contributed by atoms with Crippen molar-refractivity contribution < 1.29 is 17.9 Å². The Bertz CT molecular complexity index is 1200. The predicted octanol–water partition coefficient (Wildman–Crippen LogP) is 3.91. The molecule has 0 saturated carbocycles. The second-order valence-corrected chi connectivity index (χ2v) is 10.6. The van der Waals surface area contributed by atoms with Crippen molar-refractivity contribution in [1.29, 1.82) is 0 Å². The molecular weight excluding hydrogens is 472 g/mol. The van der Waals surface area contributed by atoms with Gasteiger partial charge in [0.1, 0.15) is 10.8 Å². The summed E-state index contributed by atoms with van der Waals surface area (Å²) in [6.45, 7) is 0.487. The molecular formula is C21H21ClN4O4S2. The second-order valence-electron chi connectivity index (χ2n) is 7.29. The topological polar surface area (TPSA) is 101 Å². The molecule has 1 amide bonds. The number of amides is 1. The van der Waals surface area contributed by atoms with Crippen molar-refractivity contribution in [3.63, 3.8) is 0 Å². The minimum Gasteiger partial charge on any atom is -0.497 e. The first-order valence-electron chi connectivity index (χ1n) is 9.91. The zero-order chi connectivity index (χ0) is 22.7. The first-order chi connectivity index (χ1) is 15.4. The average Bonchev–Trinajstić information content (AvgIpc) is 3.28. The molecule has 0 radical (unpaired) electrons. The van der Waals surface area contributed by atoms with Gasteiger partial charge in [0.2, 0.25) is 21.1 Å². The van der Waals surface area contributed by atoms with Crippen LogP contribution in [0.1, 0.15) is 12.8 Å². The number of anilines is 1. The van der Waals surface area contributed by atoms with Crippen LogP contribution < -0.4 is 10.1 Å². The predicted molar refractivity (Wildman–Crippen MR) is 123 cm³/mol. The van der Waals surface area contributed by atoms with Crippen LogP contribution in [-0.2, 0) is 14.8 Å². The molecule has 0 bridgehead atoms. The van der Waals surface area contributed by atoms with Crippen molar-refractivity contribution in [1.82, 2.24) is 14.5 Å². The molecule has 1 aliphatic rings. The van der Waals surface area contributed by atoms with Gasteiger partial charge in [0.15, 0.2) is 0 Å². The highest BCUT2D eigenvalue weighted by Gasteiger charge is 2.33. The lowest BCUT2D eigenvalue weighted by molar-refractivity contribution is -0.120. The Morgan fingerprint density at radius 1 is 1.16 bits per heavy atom. The molecule has 8 nitrogen and oxygen atoms in total. The van der Waals surface area contributed by atoms with Gasteiger partial charge < -0.3 is 10.1 Å². The Balaban J connectivity index is 1.43. The molecule has 168 valence electrons. The van der Waals surface area contributed by atoms with E-state index in [0.29, 0.717) is 40.3 Å². The number of carbonyl (C=O) groups excluding carboxylic acids is 1. The van der Waals surface area contributed by atoms with Crippen molar-refractivity contribution in [3.05, 3.63) is 53.6 Å².